The lowest BCUT2D eigenvalue weighted by Crippen LogP contribution is -2.37. The molecule has 0 spiro atoms. The number of hydrogen-bond donors (Lipinski definition) is 0. The number of likely N-dealkylation sites (N-methyl/N-ethyl adjacent to an activating group) is 4. The Labute approximate surface area is 320 Å². The second-order valence-electron chi connectivity index (χ2n) is 13.4. The van der Waals surface area contributed by atoms with Crippen LogP contribution in [0.1, 0.15) is 0 Å². The Morgan fingerprint density at radius 1 is 0.407 bits per heavy atom. The van der Waals surface area contributed by atoms with Crippen molar-refractivity contribution in [3.63, 3.8) is 0 Å². The van der Waals surface area contributed by atoms with E-state index in [4.69, 9.17) is 28.4 Å². The van der Waals surface area contributed by atoms with Gasteiger partial charge >= 0.3 is 23.9 Å². The van der Waals surface area contributed by atoms with Gasteiger partial charge in [0, 0.05) is 26.2 Å². The third-order valence-corrected chi connectivity index (χ3v) is 7.50. The van der Waals surface area contributed by atoms with E-state index in [1.807, 2.05) is 76.0 Å². The fourth-order valence-electron chi connectivity index (χ4n) is 4.61. The Balaban J connectivity index is 2.19. The van der Waals surface area contributed by atoms with E-state index in [2.05, 4.69) is 0 Å². The molecule has 54 heavy (non-hydrogen) atoms. The molecule has 16 heteroatoms. The summed E-state index contributed by atoms with van der Waals surface area (Å²) >= 11 is 0. The molecule has 2 aromatic carbocycles. The molecule has 0 aliphatic carbocycles. The fourth-order valence-corrected chi connectivity index (χ4v) is 4.61. The van der Waals surface area contributed by atoms with Gasteiger partial charge in [-0.25, -0.2) is 0 Å². The molecule has 2 rings (SSSR count). The maximum absolute atomic E-state index is 12.8. The van der Waals surface area contributed by atoms with E-state index in [0.717, 1.165) is 0 Å². The average Bonchev–Trinajstić information content (AvgIpc) is 3.09. The molecule has 0 aliphatic heterocycles. The Bertz CT molecular complexity index is 1260. The van der Waals surface area contributed by atoms with Gasteiger partial charge in [0.05, 0.1) is 11.4 Å². The van der Waals surface area contributed by atoms with Crippen LogP contribution in [0.15, 0.2) is 48.5 Å². The van der Waals surface area contributed by atoms with E-state index < -0.39 is 23.9 Å². The van der Waals surface area contributed by atoms with Crippen molar-refractivity contribution in [1.82, 2.24) is 19.6 Å². The highest BCUT2D eigenvalue weighted by Gasteiger charge is 2.22. The average molecular weight is 761 g/mol. The Hall–Kier alpha value is -4.64. The lowest BCUT2D eigenvalue weighted by molar-refractivity contribution is -0.145. The van der Waals surface area contributed by atoms with Crippen LogP contribution < -0.4 is 19.3 Å². The van der Waals surface area contributed by atoms with E-state index >= 15 is 0 Å². The molecule has 2 aromatic rings. The minimum Gasteiger partial charge on any atom is -0.488 e. The molecule has 0 unspecified atom stereocenters. The van der Waals surface area contributed by atoms with Crippen LogP contribution in [-0.2, 0) is 38.1 Å². The molecule has 0 aliphatic rings. The van der Waals surface area contributed by atoms with Crippen LogP contribution in [0, 0.1) is 0 Å². The van der Waals surface area contributed by atoms with Crippen molar-refractivity contribution < 1.29 is 47.6 Å². The second-order valence-corrected chi connectivity index (χ2v) is 13.4. The number of nitrogens with zero attached hydrogens (tertiary/aromatic N) is 6. The van der Waals surface area contributed by atoms with Crippen molar-refractivity contribution in [2.75, 3.05) is 158 Å². The molecule has 302 valence electrons. The number of ether oxygens (including phenoxy) is 6. The van der Waals surface area contributed by atoms with Gasteiger partial charge in [-0.2, -0.15) is 0 Å². The SMILES string of the molecule is CN(C)CCOC(=O)CN(CC(=O)OCCN(C)C)c1ccccc1OCCOc1ccccc1N(CC(=O)OCCN(C)C)CC(=O)OCCN(C)C. The normalized spacial score (nSPS) is 11.1. The van der Waals surface area contributed by atoms with Crippen LogP contribution in [0.4, 0.5) is 11.4 Å². The molecular formula is C38H60N6O10. The van der Waals surface area contributed by atoms with Gasteiger partial charge in [-0.15, -0.1) is 0 Å². The Morgan fingerprint density at radius 2 is 0.667 bits per heavy atom. The number of benzene rings is 2. The minimum absolute atomic E-state index is 0.0822. The van der Waals surface area contributed by atoms with Gasteiger partial charge < -0.3 is 57.8 Å². The summed E-state index contributed by atoms with van der Waals surface area (Å²) in [4.78, 5) is 62.1. The van der Waals surface area contributed by atoms with Crippen LogP contribution in [0.25, 0.3) is 0 Å². The van der Waals surface area contributed by atoms with Crippen LogP contribution in [0.2, 0.25) is 0 Å². The van der Waals surface area contributed by atoms with Gasteiger partial charge in [0.25, 0.3) is 0 Å². The van der Waals surface area contributed by atoms with Gasteiger partial charge in [0.2, 0.25) is 0 Å². The largest absolute Gasteiger partial charge is 0.488 e. The molecule has 0 radical (unpaired) electrons. The summed E-state index contributed by atoms with van der Waals surface area (Å²) in [7, 11) is 15.0. The number of carbonyl (C=O) groups is 4. The van der Waals surface area contributed by atoms with Crippen LogP contribution in [0.5, 0.6) is 11.5 Å². The zero-order valence-electron chi connectivity index (χ0n) is 33.3. The second kappa shape index (κ2) is 25.4. The number of carbonyl (C=O) groups excluding carboxylic acids is 4. The highest BCUT2D eigenvalue weighted by molar-refractivity contribution is 5.83. The lowest BCUT2D eigenvalue weighted by atomic mass is 10.2. The standard InChI is InChI=1S/C38H60N6O10/c1-39(2)17-21-51-35(45)27-43(28-36(46)52-22-18-40(3)4)31-13-9-11-15-33(31)49-25-26-50-34-16-12-10-14-32(34)44(29-37(47)53-23-19-41(5)6)30-38(48)54-24-20-42(7)8/h9-16H,17-30H2,1-8H3. The minimum atomic E-state index is -0.500. The van der Waals surface area contributed by atoms with Crippen molar-refractivity contribution in [3.05, 3.63) is 48.5 Å². The van der Waals surface area contributed by atoms with Gasteiger partial charge in [-0.3, -0.25) is 19.2 Å². The van der Waals surface area contributed by atoms with Gasteiger partial charge in [0.1, 0.15) is 77.3 Å². The van der Waals surface area contributed by atoms with Crippen molar-refractivity contribution in [1.29, 1.82) is 0 Å². The zero-order chi connectivity index (χ0) is 39.9. The molecular weight excluding hydrogens is 700 g/mol. The van der Waals surface area contributed by atoms with Gasteiger partial charge in [-0.05, 0) is 80.6 Å². The summed E-state index contributed by atoms with van der Waals surface area (Å²) in [5, 5.41) is 0. The van der Waals surface area contributed by atoms with E-state index in [-0.39, 0.29) is 65.8 Å². The maximum atomic E-state index is 12.8. The third kappa shape index (κ3) is 19.4. The quantitative estimate of drug-likeness (QED) is 0.0730. The molecule has 0 atom stereocenters. The van der Waals surface area contributed by atoms with Crippen molar-refractivity contribution in [3.8, 4) is 11.5 Å². The van der Waals surface area contributed by atoms with Gasteiger partial charge in [0.15, 0.2) is 0 Å². The van der Waals surface area contributed by atoms with Crippen LogP contribution in [-0.4, -0.2) is 192 Å². The molecule has 0 fully saturated rings. The van der Waals surface area contributed by atoms with Crippen molar-refractivity contribution in [2.24, 2.45) is 0 Å². The summed E-state index contributed by atoms with van der Waals surface area (Å²) in [6.07, 6.45) is 0. The monoisotopic (exact) mass is 760 g/mol. The third-order valence-electron chi connectivity index (χ3n) is 7.50. The lowest BCUT2D eigenvalue weighted by Gasteiger charge is -2.26. The van der Waals surface area contributed by atoms with Crippen LogP contribution >= 0.6 is 0 Å². The maximum Gasteiger partial charge on any atom is 0.325 e. The molecule has 0 heterocycles. The fraction of sp³-hybridized carbons (Fsp3) is 0.579. The van der Waals surface area contributed by atoms with E-state index in [1.165, 1.54) is 0 Å². The van der Waals surface area contributed by atoms with Gasteiger partial charge in [-0.1, -0.05) is 24.3 Å². The molecule has 0 saturated heterocycles. The topological polar surface area (TPSA) is 143 Å². The number of hydrogen-bond acceptors (Lipinski definition) is 16. The van der Waals surface area contributed by atoms with Crippen molar-refractivity contribution in [2.45, 2.75) is 0 Å². The summed E-state index contributed by atoms with van der Waals surface area (Å²) in [5.41, 5.74) is 0.998. The van der Waals surface area contributed by atoms with E-state index in [0.29, 0.717) is 49.1 Å². The molecule has 0 saturated carbocycles. The zero-order valence-corrected chi connectivity index (χ0v) is 33.3. The summed E-state index contributed by atoms with van der Waals surface area (Å²) < 4.78 is 33.9. The molecule has 0 bridgehead atoms. The number of para-hydroxylation sites is 4. The van der Waals surface area contributed by atoms with Crippen LogP contribution in [0.3, 0.4) is 0 Å². The highest BCUT2D eigenvalue weighted by Crippen LogP contribution is 2.30. The Morgan fingerprint density at radius 3 is 0.926 bits per heavy atom. The first-order valence-corrected chi connectivity index (χ1v) is 17.9. The van der Waals surface area contributed by atoms with E-state index in [9.17, 15) is 19.2 Å². The molecule has 0 amide bonds. The predicted octanol–water partition coefficient (Wildman–Crippen LogP) is 1.18. The molecule has 0 N–H and O–H groups in total. The number of esters is 4. The predicted molar refractivity (Wildman–Crippen MR) is 206 cm³/mol. The van der Waals surface area contributed by atoms with Crippen molar-refractivity contribution >= 4 is 35.3 Å². The first-order valence-electron chi connectivity index (χ1n) is 17.9. The summed E-state index contributed by atoms with van der Waals surface area (Å²) in [5.74, 6) is -1.17. The first-order chi connectivity index (χ1) is 25.7. The molecule has 0 aromatic heterocycles. The smallest absolute Gasteiger partial charge is 0.325 e. The number of anilines is 2. The highest BCUT2D eigenvalue weighted by atomic mass is 16.6. The summed E-state index contributed by atoms with van der Waals surface area (Å²) in [6.45, 7) is 2.40. The van der Waals surface area contributed by atoms with E-state index in [1.54, 1.807) is 58.3 Å². The number of rotatable bonds is 27. The first kappa shape index (κ1) is 45.5. The molecule has 16 nitrogen and oxygen atoms in total. The Kier molecular flexibility index (Phi) is 21.4. The summed E-state index contributed by atoms with van der Waals surface area (Å²) in [6, 6.07) is 14.1.